The van der Waals surface area contributed by atoms with E-state index in [1.165, 1.54) is 0 Å². The molecule has 0 aliphatic carbocycles. The summed E-state index contributed by atoms with van der Waals surface area (Å²) in [5.74, 6) is 0. The van der Waals surface area contributed by atoms with Crippen LogP contribution in [-0.2, 0) is 0 Å². The monoisotopic (exact) mass is 287 g/mol. The largest absolute Gasteiger partial charge is 0.397 e. The summed E-state index contributed by atoms with van der Waals surface area (Å²) in [5.41, 5.74) is 8.68. The van der Waals surface area contributed by atoms with Crippen LogP contribution in [0.4, 0.5) is 5.69 Å². The third kappa shape index (κ3) is 1.61. The van der Waals surface area contributed by atoms with Gasteiger partial charge in [0.15, 0.2) is 0 Å². The van der Waals surface area contributed by atoms with Crippen molar-refractivity contribution >= 4 is 32.5 Å². The topological polar surface area (TPSA) is 43.8 Å². The van der Waals surface area contributed by atoms with E-state index in [0.29, 0.717) is 0 Å². The van der Waals surface area contributed by atoms with Gasteiger partial charge >= 0.3 is 0 Å². The summed E-state index contributed by atoms with van der Waals surface area (Å²) >= 11 is 3.53. The van der Waals surface area contributed by atoms with Gasteiger partial charge < -0.3 is 5.73 Å². The number of para-hydroxylation sites is 2. The van der Waals surface area contributed by atoms with Crippen LogP contribution in [0.5, 0.6) is 0 Å². The maximum absolute atomic E-state index is 6.01. The van der Waals surface area contributed by atoms with Crippen LogP contribution in [0.2, 0.25) is 0 Å². The summed E-state index contributed by atoms with van der Waals surface area (Å²) in [6.07, 6.45) is 1.82. The molecule has 3 nitrogen and oxygen atoms in total. The molecule has 0 aliphatic rings. The highest BCUT2D eigenvalue weighted by Gasteiger charge is 2.09. The highest BCUT2D eigenvalue weighted by atomic mass is 79.9. The zero-order chi connectivity index (χ0) is 11.8. The first kappa shape index (κ1) is 10.4. The highest BCUT2D eigenvalue weighted by molar-refractivity contribution is 9.10. The van der Waals surface area contributed by atoms with E-state index < -0.39 is 0 Å². The zero-order valence-corrected chi connectivity index (χ0v) is 10.6. The van der Waals surface area contributed by atoms with Gasteiger partial charge in [-0.2, -0.15) is 5.10 Å². The van der Waals surface area contributed by atoms with Crippen LogP contribution in [0.1, 0.15) is 0 Å². The molecule has 0 aliphatic heterocycles. The van der Waals surface area contributed by atoms with Crippen LogP contribution in [0.3, 0.4) is 0 Å². The van der Waals surface area contributed by atoms with Crippen molar-refractivity contribution in [3.8, 4) is 5.69 Å². The summed E-state index contributed by atoms with van der Waals surface area (Å²) < 4.78 is 2.85. The maximum atomic E-state index is 6.01. The molecule has 0 saturated heterocycles. The summed E-state index contributed by atoms with van der Waals surface area (Å²) in [6.45, 7) is 0. The average Bonchev–Trinajstić information content (AvgIpc) is 2.75. The normalized spacial score (nSPS) is 10.9. The smallest absolute Gasteiger partial charge is 0.0970 e. The van der Waals surface area contributed by atoms with Crippen LogP contribution in [0, 0.1) is 0 Å². The van der Waals surface area contributed by atoms with E-state index in [9.17, 15) is 0 Å². The molecule has 1 aromatic heterocycles. The van der Waals surface area contributed by atoms with Gasteiger partial charge in [-0.1, -0.05) is 24.3 Å². The van der Waals surface area contributed by atoms with Gasteiger partial charge in [-0.25, -0.2) is 4.68 Å². The Labute approximate surface area is 107 Å². The fraction of sp³-hybridized carbons (Fsp3) is 0. The number of nitrogen functional groups attached to an aromatic ring is 1. The number of rotatable bonds is 1. The molecule has 4 heteroatoms. The molecule has 2 aromatic carbocycles. The van der Waals surface area contributed by atoms with Crippen LogP contribution in [0.25, 0.3) is 16.6 Å². The first-order chi connectivity index (χ1) is 8.27. The predicted molar refractivity (Wildman–Crippen MR) is 73.2 cm³/mol. The molecule has 3 rings (SSSR count). The Kier molecular flexibility index (Phi) is 2.37. The number of halogens is 1. The molecule has 0 spiro atoms. The SMILES string of the molecule is Nc1cccc2cnn(-c3ccccc3Br)c12. The molecular formula is C13H10BrN3. The van der Waals surface area contributed by atoms with Gasteiger partial charge in [0.05, 0.1) is 23.1 Å². The number of hydrogen-bond acceptors (Lipinski definition) is 2. The zero-order valence-electron chi connectivity index (χ0n) is 8.97. The Morgan fingerprint density at radius 1 is 1.06 bits per heavy atom. The summed E-state index contributed by atoms with van der Waals surface area (Å²) in [6, 6.07) is 13.8. The van der Waals surface area contributed by atoms with E-state index in [-0.39, 0.29) is 0 Å². The lowest BCUT2D eigenvalue weighted by Gasteiger charge is -2.07. The molecule has 0 fully saturated rings. The van der Waals surface area contributed by atoms with E-state index in [1.807, 2.05) is 53.3 Å². The molecule has 0 atom stereocenters. The predicted octanol–water partition coefficient (Wildman–Crippen LogP) is 3.37. The molecule has 0 bridgehead atoms. The van der Waals surface area contributed by atoms with Crippen molar-refractivity contribution < 1.29 is 0 Å². The van der Waals surface area contributed by atoms with Crippen molar-refractivity contribution in [1.82, 2.24) is 9.78 Å². The van der Waals surface area contributed by atoms with Gasteiger partial charge in [0.25, 0.3) is 0 Å². The second kappa shape index (κ2) is 3.89. The van der Waals surface area contributed by atoms with Gasteiger partial charge in [0.2, 0.25) is 0 Å². The molecule has 0 amide bonds. The van der Waals surface area contributed by atoms with Gasteiger partial charge in [-0.05, 0) is 34.1 Å². The Morgan fingerprint density at radius 2 is 1.88 bits per heavy atom. The van der Waals surface area contributed by atoms with Crippen molar-refractivity contribution in [1.29, 1.82) is 0 Å². The number of nitrogens with zero attached hydrogens (tertiary/aromatic N) is 2. The lowest BCUT2D eigenvalue weighted by molar-refractivity contribution is 0.907. The number of benzene rings is 2. The van der Waals surface area contributed by atoms with Crippen LogP contribution in [-0.4, -0.2) is 9.78 Å². The second-order valence-electron chi connectivity index (χ2n) is 3.79. The Hall–Kier alpha value is -1.81. The summed E-state index contributed by atoms with van der Waals surface area (Å²) in [5, 5.41) is 5.44. The third-order valence-corrected chi connectivity index (χ3v) is 3.37. The van der Waals surface area contributed by atoms with Crippen LogP contribution in [0.15, 0.2) is 53.1 Å². The van der Waals surface area contributed by atoms with Crippen molar-refractivity contribution in [2.24, 2.45) is 0 Å². The molecule has 3 aromatic rings. The fourth-order valence-corrected chi connectivity index (χ4v) is 2.37. The van der Waals surface area contributed by atoms with Crippen LogP contribution >= 0.6 is 15.9 Å². The van der Waals surface area contributed by atoms with Gasteiger partial charge in [-0.3, -0.25) is 0 Å². The standard InChI is InChI=1S/C13H10BrN3/c14-10-5-1-2-7-12(10)17-13-9(8-16-17)4-3-6-11(13)15/h1-8H,15H2. The maximum Gasteiger partial charge on any atom is 0.0970 e. The number of hydrogen-bond donors (Lipinski definition) is 1. The summed E-state index contributed by atoms with van der Waals surface area (Å²) in [4.78, 5) is 0. The first-order valence-electron chi connectivity index (χ1n) is 5.24. The quantitative estimate of drug-likeness (QED) is 0.698. The Bertz CT molecular complexity index is 688. The molecule has 2 N–H and O–H groups in total. The van der Waals surface area contributed by atoms with Gasteiger partial charge in [0, 0.05) is 9.86 Å². The molecule has 17 heavy (non-hydrogen) atoms. The minimum atomic E-state index is 0.732. The molecule has 84 valence electrons. The minimum Gasteiger partial charge on any atom is -0.397 e. The van der Waals surface area contributed by atoms with E-state index in [4.69, 9.17) is 5.73 Å². The summed E-state index contributed by atoms with van der Waals surface area (Å²) in [7, 11) is 0. The first-order valence-corrected chi connectivity index (χ1v) is 6.04. The molecule has 0 unspecified atom stereocenters. The molecule has 0 saturated carbocycles. The second-order valence-corrected chi connectivity index (χ2v) is 4.65. The van der Waals surface area contributed by atoms with E-state index in [1.54, 1.807) is 0 Å². The molecular weight excluding hydrogens is 278 g/mol. The highest BCUT2D eigenvalue weighted by Crippen LogP contribution is 2.27. The third-order valence-electron chi connectivity index (χ3n) is 2.70. The Morgan fingerprint density at radius 3 is 2.71 bits per heavy atom. The van der Waals surface area contributed by atoms with Gasteiger partial charge in [-0.15, -0.1) is 0 Å². The Balaban J connectivity index is 2.36. The van der Waals surface area contributed by atoms with Crippen molar-refractivity contribution in [3.63, 3.8) is 0 Å². The van der Waals surface area contributed by atoms with Crippen molar-refractivity contribution in [2.75, 3.05) is 5.73 Å². The number of anilines is 1. The van der Waals surface area contributed by atoms with Crippen molar-refractivity contribution in [3.05, 3.63) is 53.1 Å². The molecule has 0 radical (unpaired) electrons. The van der Waals surface area contributed by atoms with Crippen molar-refractivity contribution in [2.45, 2.75) is 0 Å². The fourth-order valence-electron chi connectivity index (χ4n) is 1.91. The number of fused-ring (bicyclic) bond motifs is 1. The molecule has 1 heterocycles. The minimum absolute atomic E-state index is 0.732. The van der Waals surface area contributed by atoms with Crippen LogP contribution < -0.4 is 5.73 Å². The van der Waals surface area contributed by atoms with E-state index in [2.05, 4.69) is 21.0 Å². The number of aromatic nitrogens is 2. The van der Waals surface area contributed by atoms with E-state index >= 15 is 0 Å². The van der Waals surface area contributed by atoms with E-state index in [0.717, 1.165) is 26.8 Å². The average molecular weight is 288 g/mol. The number of nitrogens with two attached hydrogens (primary N) is 1. The van der Waals surface area contributed by atoms with Gasteiger partial charge in [0.1, 0.15) is 0 Å². The lowest BCUT2D eigenvalue weighted by Crippen LogP contribution is -1.99. The lowest BCUT2D eigenvalue weighted by atomic mass is 10.2.